The average molecular weight is 506 g/mol. The number of benzene rings is 2. The number of esters is 2. The van der Waals surface area contributed by atoms with E-state index >= 15 is 0 Å². The zero-order valence-electron chi connectivity index (χ0n) is 17.5. The number of amides is 1. The molecule has 9 nitrogen and oxygen atoms in total. The Balaban J connectivity index is 2.19. The van der Waals surface area contributed by atoms with Crippen molar-refractivity contribution in [1.29, 1.82) is 0 Å². The van der Waals surface area contributed by atoms with E-state index in [1.807, 2.05) is 30.3 Å². The van der Waals surface area contributed by atoms with Gasteiger partial charge in [-0.1, -0.05) is 30.3 Å². The molecule has 0 bridgehead atoms. The Hall–Kier alpha value is -3.37. The van der Waals surface area contributed by atoms with Crippen molar-refractivity contribution in [3.05, 3.63) is 63.6 Å². The van der Waals surface area contributed by atoms with E-state index in [2.05, 4.69) is 15.9 Å². The second-order valence-electron chi connectivity index (χ2n) is 6.53. The Morgan fingerprint density at radius 1 is 0.969 bits per heavy atom. The van der Waals surface area contributed by atoms with Crippen LogP contribution < -0.4 is 9.64 Å². The van der Waals surface area contributed by atoms with E-state index < -0.39 is 29.8 Å². The molecule has 32 heavy (non-hydrogen) atoms. The van der Waals surface area contributed by atoms with Crippen LogP contribution in [0.1, 0.15) is 11.1 Å². The predicted octanol–water partition coefficient (Wildman–Crippen LogP) is 3.03. The molecule has 1 unspecified atom stereocenters. The van der Waals surface area contributed by atoms with Gasteiger partial charge in [0.1, 0.15) is 12.4 Å². The fourth-order valence-corrected chi connectivity index (χ4v) is 3.96. The van der Waals surface area contributed by atoms with Crippen molar-refractivity contribution in [2.24, 2.45) is 0 Å². The number of anilines is 1. The molecule has 1 aliphatic rings. The maximum atomic E-state index is 12.4. The highest BCUT2D eigenvalue weighted by molar-refractivity contribution is 9.10. The van der Waals surface area contributed by atoms with E-state index in [1.54, 1.807) is 6.07 Å². The third kappa shape index (κ3) is 4.19. The highest BCUT2D eigenvalue weighted by atomic mass is 79.9. The van der Waals surface area contributed by atoms with Crippen LogP contribution in [0.3, 0.4) is 0 Å². The van der Waals surface area contributed by atoms with Gasteiger partial charge in [0, 0.05) is 11.1 Å². The van der Waals surface area contributed by atoms with Gasteiger partial charge in [-0.3, -0.25) is 0 Å². The molecule has 2 aromatic rings. The van der Waals surface area contributed by atoms with Crippen LogP contribution in [-0.2, 0) is 30.4 Å². The van der Waals surface area contributed by atoms with Crippen LogP contribution >= 0.6 is 15.9 Å². The molecule has 1 aliphatic heterocycles. The summed E-state index contributed by atoms with van der Waals surface area (Å²) in [7, 11) is 3.31. The number of hydrogen-bond acceptors (Lipinski definition) is 8. The van der Waals surface area contributed by atoms with Crippen LogP contribution in [0.4, 0.5) is 10.5 Å². The Bertz CT molecular complexity index is 1060. The lowest BCUT2D eigenvalue weighted by molar-refractivity contribution is -0.144. The molecule has 3 rings (SSSR count). The molecular formula is C22H20BrNO8. The van der Waals surface area contributed by atoms with Crippen molar-refractivity contribution in [2.45, 2.75) is 12.8 Å². The average Bonchev–Trinajstić information content (AvgIpc) is 3.11. The van der Waals surface area contributed by atoms with E-state index in [4.69, 9.17) is 18.9 Å². The van der Waals surface area contributed by atoms with Crippen LogP contribution in [0.5, 0.6) is 5.75 Å². The summed E-state index contributed by atoms with van der Waals surface area (Å²) < 4.78 is 20.4. The summed E-state index contributed by atoms with van der Waals surface area (Å²) >= 11 is 3.43. The van der Waals surface area contributed by atoms with Gasteiger partial charge in [-0.25, -0.2) is 19.3 Å². The molecule has 1 N–H and O–H groups in total. The van der Waals surface area contributed by atoms with Crippen LogP contribution in [0, 0.1) is 0 Å². The second kappa shape index (κ2) is 9.84. The van der Waals surface area contributed by atoms with Gasteiger partial charge < -0.3 is 24.1 Å². The summed E-state index contributed by atoms with van der Waals surface area (Å²) in [6, 6.07) is 12.5. The molecule has 1 amide bonds. The van der Waals surface area contributed by atoms with Crippen molar-refractivity contribution in [3.63, 3.8) is 0 Å². The highest BCUT2D eigenvalue weighted by Gasteiger charge is 2.44. The van der Waals surface area contributed by atoms with Gasteiger partial charge in [-0.2, -0.15) is 0 Å². The van der Waals surface area contributed by atoms with Gasteiger partial charge in [0.25, 0.3) is 0 Å². The third-order valence-electron chi connectivity index (χ3n) is 4.77. The second-order valence-corrected chi connectivity index (χ2v) is 7.32. The van der Waals surface area contributed by atoms with Crippen molar-refractivity contribution < 1.29 is 38.4 Å². The monoisotopic (exact) mass is 505 g/mol. The van der Waals surface area contributed by atoms with E-state index in [-0.39, 0.29) is 23.4 Å². The molecule has 0 radical (unpaired) electrons. The molecule has 0 saturated carbocycles. The topological polar surface area (TPSA) is 112 Å². The number of aliphatic hydroxyl groups is 1. The smallest absolute Gasteiger partial charge is 0.416 e. The van der Waals surface area contributed by atoms with Crippen molar-refractivity contribution >= 4 is 45.2 Å². The lowest BCUT2D eigenvalue weighted by atomic mass is 10.00. The number of carbonyl (C=O) groups excluding carboxylic acids is 3. The molecule has 168 valence electrons. The number of halogens is 1. The molecular weight excluding hydrogens is 486 g/mol. The summed E-state index contributed by atoms with van der Waals surface area (Å²) in [4.78, 5) is 38.2. The number of ether oxygens (including phenoxy) is 4. The third-order valence-corrected chi connectivity index (χ3v) is 5.56. The Morgan fingerprint density at radius 3 is 2.16 bits per heavy atom. The van der Waals surface area contributed by atoms with Crippen molar-refractivity contribution in [2.75, 3.05) is 26.2 Å². The van der Waals surface area contributed by atoms with Crippen LogP contribution in [0.15, 0.2) is 52.5 Å². The molecule has 2 aromatic carbocycles. The molecule has 0 saturated heterocycles. The fraction of sp³-hybridized carbons (Fsp3) is 0.227. The normalized spacial score (nSPS) is 14.5. The highest BCUT2D eigenvalue weighted by Crippen LogP contribution is 2.48. The minimum atomic E-state index is -1.72. The molecule has 10 heteroatoms. The van der Waals surface area contributed by atoms with Crippen LogP contribution in [0.25, 0.3) is 5.57 Å². The standard InChI is InChI=1S/C22H20BrNO8/c1-29-20(26)17(21(27)30-2)16-15-13(24(19(16)25)22(28)31-3)9-10-14(18(15)23)32-11-12-7-5-4-6-8-12/h4-10,19,25H,11H2,1-3H3. The molecule has 0 spiro atoms. The SMILES string of the molecule is COC(=O)C(C(=O)OC)=C1c2c(ccc(OCc3ccccc3)c2Br)N(C(=O)OC)C1O. The zero-order chi connectivity index (χ0) is 23.4. The van der Waals surface area contributed by atoms with Gasteiger partial charge in [0.2, 0.25) is 0 Å². The van der Waals surface area contributed by atoms with Crippen molar-refractivity contribution in [3.8, 4) is 5.75 Å². The minimum absolute atomic E-state index is 0.180. The van der Waals surface area contributed by atoms with E-state index in [0.29, 0.717) is 10.2 Å². The van der Waals surface area contributed by atoms with Crippen LogP contribution in [-0.4, -0.2) is 50.7 Å². The molecule has 0 aliphatic carbocycles. The summed E-state index contributed by atoms with van der Waals surface area (Å²) in [5.41, 5.74) is 0.566. The first-order valence-electron chi connectivity index (χ1n) is 9.31. The zero-order valence-corrected chi connectivity index (χ0v) is 19.0. The van der Waals surface area contributed by atoms with Gasteiger partial charge in [-0.05, 0) is 33.6 Å². The van der Waals surface area contributed by atoms with E-state index in [9.17, 15) is 19.5 Å². The number of fused-ring (bicyclic) bond motifs is 1. The van der Waals surface area contributed by atoms with E-state index in [1.165, 1.54) is 6.07 Å². The molecule has 1 atom stereocenters. The number of nitrogens with zero attached hydrogens (tertiary/aromatic N) is 1. The van der Waals surface area contributed by atoms with Gasteiger partial charge in [0.05, 0.1) is 31.5 Å². The molecule has 0 aromatic heterocycles. The Kier molecular flexibility index (Phi) is 7.16. The first-order valence-corrected chi connectivity index (χ1v) is 10.1. The minimum Gasteiger partial charge on any atom is -0.488 e. The quantitative estimate of drug-likeness (QED) is 0.217. The summed E-state index contributed by atoms with van der Waals surface area (Å²) in [6.45, 7) is 0.238. The Labute approximate surface area is 192 Å². The molecule has 0 fully saturated rings. The summed E-state index contributed by atoms with van der Waals surface area (Å²) in [5, 5.41) is 10.9. The number of aliphatic hydroxyl groups excluding tert-OH is 1. The van der Waals surface area contributed by atoms with Crippen LogP contribution in [0.2, 0.25) is 0 Å². The summed E-state index contributed by atoms with van der Waals surface area (Å²) in [6.07, 6.45) is -2.61. The lowest BCUT2D eigenvalue weighted by Crippen LogP contribution is -2.38. The lowest BCUT2D eigenvalue weighted by Gasteiger charge is -2.20. The Morgan fingerprint density at radius 2 is 1.59 bits per heavy atom. The number of methoxy groups -OCH3 is 3. The predicted molar refractivity (Wildman–Crippen MR) is 117 cm³/mol. The van der Waals surface area contributed by atoms with Gasteiger partial charge >= 0.3 is 18.0 Å². The first-order chi connectivity index (χ1) is 15.3. The number of carbonyl (C=O) groups is 3. The maximum absolute atomic E-state index is 12.4. The van der Waals surface area contributed by atoms with Gasteiger partial charge in [0.15, 0.2) is 11.8 Å². The first kappa shape index (κ1) is 23.3. The van der Waals surface area contributed by atoms with Crippen molar-refractivity contribution in [1.82, 2.24) is 0 Å². The number of rotatable bonds is 5. The maximum Gasteiger partial charge on any atom is 0.416 e. The largest absolute Gasteiger partial charge is 0.488 e. The van der Waals surface area contributed by atoms with Gasteiger partial charge in [-0.15, -0.1) is 0 Å². The number of hydrogen-bond donors (Lipinski definition) is 1. The van der Waals surface area contributed by atoms with E-state index in [0.717, 1.165) is 31.8 Å². The molecule has 1 heterocycles. The summed E-state index contributed by atoms with van der Waals surface area (Å²) in [5.74, 6) is -1.71. The fourth-order valence-electron chi connectivity index (χ4n) is 3.30.